The zero-order valence-electron chi connectivity index (χ0n) is 10.6. The predicted molar refractivity (Wildman–Crippen MR) is 82.8 cm³/mol. The van der Waals surface area contributed by atoms with E-state index in [1.807, 2.05) is 0 Å². The summed E-state index contributed by atoms with van der Waals surface area (Å²) in [6.45, 7) is 0. The van der Waals surface area contributed by atoms with E-state index in [9.17, 15) is 9.18 Å². The van der Waals surface area contributed by atoms with E-state index in [0.717, 1.165) is 10.0 Å². The van der Waals surface area contributed by atoms with E-state index in [0.29, 0.717) is 15.8 Å². The molecule has 0 aliphatic rings. The van der Waals surface area contributed by atoms with Gasteiger partial charge in [-0.3, -0.25) is 4.79 Å². The van der Waals surface area contributed by atoms with Crippen LogP contribution in [-0.4, -0.2) is 12.9 Å². The number of rotatable bonds is 4. The molecule has 104 valence electrons. The number of benzene rings is 2. The Hall–Kier alpha value is -1.20. The van der Waals surface area contributed by atoms with Crippen LogP contribution in [0.4, 0.5) is 4.39 Å². The third-order valence-corrected chi connectivity index (χ3v) is 3.91. The van der Waals surface area contributed by atoms with Gasteiger partial charge in [-0.25, -0.2) is 4.39 Å². The normalized spacial score (nSPS) is 10.4. The van der Waals surface area contributed by atoms with Crippen LogP contribution in [0.5, 0.6) is 5.75 Å². The summed E-state index contributed by atoms with van der Waals surface area (Å²) in [7, 11) is 1.52. The molecule has 2 aromatic carbocycles. The zero-order valence-corrected chi connectivity index (χ0v) is 13.8. The molecule has 0 bridgehead atoms. The second kappa shape index (κ2) is 6.50. The summed E-state index contributed by atoms with van der Waals surface area (Å²) in [5, 5.41) is 0. The quantitative estimate of drug-likeness (QED) is 0.688. The number of carbonyl (C=O) groups excluding carboxylic acids is 1. The van der Waals surface area contributed by atoms with Crippen LogP contribution in [0.3, 0.4) is 0 Å². The Morgan fingerprint density at radius 3 is 2.60 bits per heavy atom. The first kappa shape index (κ1) is 15.2. The standard InChI is InChI=1S/C15H11Br2FO2/c1-20-15-8-10(16)3-4-11(15)14(19)7-9-2-5-13(18)12(17)6-9/h2-6,8H,7H2,1H3. The number of methoxy groups -OCH3 is 1. The minimum Gasteiger partial charge on any atom is -0.496 e. The summed E-state index contributed by atoms with van der Waals surface area (Å²) in [4.78, 5) is 12.3. The Bertz CT molecular complexity index is 656. The van der Waals surface area contributed by atoms with Crippen molar-refractivity contribution in [2.75, 3.05) is 7.11 Å². The van der Waals surface area contributed by atoms with Crippen LogP contribution in [0.25, 0.3) is 0 Å². The number of halogens is 3. The maximum absolute atomic E-state index is 13.2. The van der Waals surface area contributed by atoms with E-state index in [1.165, 1.54) is 13.2 Å². The van der Waals surface area contributed by atoms with Gasteiger partial charge in [0.1, 0.15) is 11.6 Å². The second-order valence-electron chi connectivity index (χ2n) is 4.19. The fourth-order valence-corrected chi connectivity index (χ4v) is 2.59. The number of Topliss-reactive ketones (excluding diaryl/α,β-unsaturated/α-hetero) is 1. The van der Waals surface area contributed by atoms with Gasteiger partial charge in [-0.05, 0) is 51.8 Å². The number of ketones is 1. The Kier molecular flexibility index (Phi) is 4.94. The van der Waals surface area contributed by atoms with Crippen molar-refractivity contribution in [1.29, 1.82) is 0 Å². The zero-order chi connectivity index (χ0) is 14.7. The Balaban J connectivity index is 2.25. The highest BCUT2D eigenvalue weighted by molar-refractivity contribution is 9.10. The monoisotopic (exact) mass is 400 g/mol. The molecule has 0 heterocycles. The molecule has 0 saturated carbocycles. The summed E-state index contributed by atoms with van der Waals surface area (Å²) in [6, 6.07) is 9.79. The summed E-state index contributed by atoms with van der Waals surface area (Å²) in [6.07, 6.45) is 0.191. The van der Waals surface area contributed by atoms with Crippen molar-refractivity contribution in [3.8, 4) is 5.75 Å². The number of carbonyl (C=O) groups is 1. The van der Waals surface area contributed by atoms with Gasteiger partial charge in [0, 0.05) is 10.9 Å². The molecule has 0 amide bonds. The lowest BCUT2D eigenvalue weighted by atomic mass is 10.0. The van der Waals surface area contributed by atoms with Crippen LogP contribution >= 0.6 is 31.9 Å². The lowest BCUT2D eigenvalue weighted by Gasteiger charge is -2.08. The Labute approximate surface area is 133 Å². The van der Waals surface area contributed by atoms with Gasteiger partial charge < -0.3 is 4.74 Å². The summed E-state index contributed by atoms with van der Waals surface area (Å²) < 4.78 is 19.6. The Morgan fingerprint density at radius 2 is 1.95 bits per heavy atom. The van der Waals surface area contributed by atoms with Gasteiger partial charge in [0.05, 0.1) is 17.1 Å². The van der Waals surface area contributed by atoms with Gasteiger partial charge in [-0.15, -0.1) is 0 Å². The molecule has 0 aliphatic carbocycles. The van der Waals surface area contributed by atoms with Crippen LogP contribution in [0.2, 0.25) is 0 Å². The third-order valence-electron chi connectivity index (χ3n) is 2.81. The first-order valence-electron chi connectivity index (χ1n) is 5.82. The highest BCUT2D eigenvalue weighted by Crippen LogP contribution is 2.25. The molecule has 0 N–H and O–H groups in total. The van der Waals surface area contributed by atoms with Crippen molar-refractivity contribution in [2.24, 2.45) is 0 Å². The molecule has 0 unspecified atom stereocenters. The van der Waals surface area contributed by atoms with Crippen LogP contribution in [0.15, 0.2) is 45.3 Å². The lowest BCUT2D eigenvalue weighted by molar-refractivity contribution is 0.0990. The average Bonchev–Trinajstić information content (AvgIpc) is 2.42. The molecule has 0 spiro atoms. The molecule has 20 heavy (non-hydrogen) atoms. The number of ether oxygens (including phenoxy) is 1. The van der Waals surface area contributed by atoms with Gasteiger partial charge in [-0.2, -0.15) is 0 Å². The van der Waals surface area contributed by atoms with Crippen molar-refractivity contribution in [2.45, 2.75) is 6.42 Å². The van der Waals surface area contributed by atoms with Gasteiger partial charge >= 0.3 is 0 Å². The SMILES string of the molecule is COc1cc(Br)ccc1C(=O)Cc1ccc(F)c(Br)c1. The molecule has 0 fully saturated rings. The van der Waals surface area contributed by atoms with Crippen molar-refractivity contribution < 1.29 is 13.9 Å². The molecule has 2 nitrogen and oxygen atoms in total. The molecule has 0 aliphatic heterocycles. The fourth-order valence-electron chi connectivity index (χ4n) is 1.83. The molecular formula is C15H11Br2FO2. The second-order valence-corrected chi connectivity index (χ2v) is 5.96. The molecule has 0 radical (unpaired) electrons. The van der Waals surface area contributed by atoms with Gasteiger partial charge in [0.15, 0.2) is 5.78 Å². The minimum absolute atomic E-state index is 0.0761. The molecule has 5 heteroatoms. The number of hydrogen-bond acceptors (Lipinski definition) is 2. The van der Waals surface area contributed by atoms with E-state index < -0.39 is 0 Å². The summed E-state index contributed by atoms with van der Waals surface area (Å²) in [5.41, 5.74) is 1.25. The van der Waals surface area contributed by atoms with E-state index in [2.05, 4.69) is 31.9 Å². The maximum atomic E-state index is 13.2. The van der Waals surface area contributed by atoms with Crippen molar-refractivity contribution in [3.63, 3.8) is 0 Å². The van der Waals surface area contributed by atoms with Crippen molar-refractivity contribution in [1.82, 2.24) is 0 Å². The topological polar surface area (TPSA) is 26.3 Å². The Morgan fingerprint density at radius 1 is 1.20 bits per heavy atom. The van der Waals surface area contributed by atoms with Gasteiger partial charge in [-0.1, -0.05) is 22.0 Å². The van der Waals surface area contributed by atoms with E-state index in [-0.39, 0.29) is 18.0 Å². The van der Waals surface area contributed by atoms with Crippen LogP contribution in [0.1, 0.15) is 15.9 Å². The largest absolute Gasteiger partial charge is 0.496 e. The van der Waals surface area contributed by atoms with Crippen LogP contribution in [-0.2, 0) is 6.42 Å². The fraction of sp³-hybridized carbons (Fsp3) is 0.133. The minimum atomic E-state index is -0.345. The average molecular weight is 402 g/mol. The maximum Gasteiger partial charge on any atom is 0.170 e. The summed E-state index contributed by atoms with van der Waals surface area (Å²) >= 11 is 6.44. The molecule has 2 rings (SSSR count). The predicted octanol–water partition coefficient (Wildman–Crippen LogP) is 4.78. The smallest absolute Gasteiger partial charge is 0.170 e. The van der Waals surface area contributed by atoms with Crippen LogP contribution in [0, 0.1) is 5.82 Å². The van der Waals surface area contributed by atoms with E-state index >= 15 is 0 Å². The molecule has 2 aromatic rings. The molecule has 0 saturated heterocycles. The van der Waals surface area contributed by atoms with E-state index in [1.54, 1.807) is 30.3 Å². The highest BCUT2D eigenvalue weighted by atomic mass is 79.9. The van der Waals surface area contributed by atoms with Gasteiger partial charge in [0.2, 0.25) is 0 Å². The first-order valence-corrected chi connectivity index (χ1v) is 7.40. The molecule has 0 aromatic heterocycles. The molecular weight excluding hydrogens is 391 g/mol. The first-order chi connectivity index (χ1) is 9.51. The summed E-state index contributed by atoms with van der Waals surface area (Å²) in [5.74, 6) is 0.0980. The van der Waals surface area contributed by atoms with E-state index in [4.69, 9.17) is 4.74 Å². The third kappa shape index (κ3) is 3.46. The van der Waals surface area contributed by atoms with Gasteiger partial charge in [0.25, 0.3) is 0 Å². The van der Waals surface area contributed by atoms with Crippen LogP contribution < -0.4 is 4.74 Å². The highest BCUT2D eigenvalue weighted by Gasteiger charge is 2.14. The lowest BCUT2D eigenvalue weighted by Crippen LogP contribution is -2.06. The van der Waals surface area contributed by atoms with Crippen molar-refractivity contribution in [3.05, 3.63) is 62.3 Å². The molecule has 0 atom stereocenters. The van der Waals surface area contributed by atoms with Crippen molar-refractivity contribution >= 4 is 37.6 Å². The number of hydrogen-bond donors (Lipinski definition) is 0.